The van der Waals surface area contributed by atoms with Crippen LogP contribution in [0.3, 0.4) is 0 Å². The number of hydrogen-bond donors (Lipinski definition) is 0. The minimum atomic E-state index is -0.430. The first kappa shape index (κ1) is 27.3. The largest absolute Gasteiger partial charge is 0.494 e. The number of thiophene rings is 1. The van der Waals surface area contributed by atoms with E-state index in [1.54, 1.807) is 0 Å². The molecule has 214 valence electrons. The van der Waals surface area contributed by atoms with Crippen molar-refractivity contribution in [1.29, 1.82) is 0 Å². The second-order valence-electron chi connectivity index (χ2n) is 12.8. The van der Waals surface area contributed by atoms with Crippen molar-refractivity contribution in [2.75, 3.05) is 0 Å². The molecule has 0 radical (unpaired) electrons. The van der Waals surface area contributed by atoms with Gasteiger partial charge in [-0.05, 0) is 89.4 Å². The van der Waals surface area contributed by atoms with Crippen LogP contribution < -0.4 is 5.46 Å². The lowest BCUT2D eigenvalue weighted by Crippen LogP contribution is -2.41. The van der Waals surface area contributed by atoms with Crippen LogP contribution in [0.15, 0.2) is 127 Å². The molecule has 6 aromatic carbocycles. The molecule has 2 nitrogen and oxygen atoms in total. The second kappa shape index (κ2) is 10.2. The molecule has 0 atom stereocenters. The lowest BCUT2D eigenvalue weighted by molar-refractivity contribution is 0.00578. The molecule has 0 aliphatic carbocycles. The molecule has 0 spiro atoms. The Morgan fingerprint density at radius 2 is 1.09 bits per heavy atom. The molecule has 8 rings (SSSR count). The summed E-state index contributed by atoms with van der Waals surface area (Å²) in [6.45, 7) is 8.43. The van der Waals surface area contributed by atoms with Gasteiger partial charge >= 0.3 is 7.12 Å². The van der Waals surface area contributed by atoms with E-state index in [2.05, 4.69) is 155 Å². The van der Waals surface area contributed by atoms with E-state index in [1.165, 1.54) is 64.3 Å². The quantitative estimate of drug-likeness (QED) is 0.191. The van der Waals surface area contributed by atoms with Gasteiger partial charge in [0.25, 0.3) is 0 Å². The standard InChI is InChI=1S/C40H33BO2S/c1-39(2)40(3,4)43-41(42-39)29-23-24-32(33-16-10-18-37-38(33)34-14-7-8-17-36(34)44-37)35(25-29)28-21-19-27(20-22-28)31-15-9-12-26-11-5-6-13-30(26)31/h5-25H,1-4H3. The SMILES string of the molecule is CC1(C)OB(c2ccc(-c3cccc4sc5ccccc5c34)c(-c3ccc(-c4cccc5ccccc45)cc3)c2)OC1(C)C. The normalized spacial score (nSPS) is 15.9. The summed E-state index contributed by atoms with van der Waals surface area (Å²) < 4.78 is 15.6. The maximum Gasteiger partial charge on any atom is 0.494 e. The van der Waals surface area contributed by atoms with Gasteiger partial charge in [0, 0.05) is 20.2 Å². The van der Waals surface area contributed by atoms with E-state index in [0.717, 1.165) is 5.46 Å². The summed E-state index contributed by atoms with van der Waals surface area (Å²) in [5, 5.41) is 5.13. The molecular formula is C40H33BO2S. The Bertz CT molecular complexity index is 2170. The summed E-state index contributed by atoms with van der Waals surface area (Å²) in [4.78, 5) is 0. The number of rotatable bonds is 4. The molecule has 1 aliphatic rings. The monoisotopic (exact) mass is 588 g/mol. The van der Waals surface area contributed by atoms with Gasteiger partial charge in [-0.3, -0.25) is 0 Å². The van der Waals surface area contributed by atoms with Gasteiger partial charge in [-0.25, -0.2) is 0 Å². The molecule has 0 unspecified atom stereocenters. The zero-order valence-electron chi connectivity index (χ0n) is 25.4. The van der Waals surface area contributed by atoms with E-state index in [-0.39, 0.29) is 0 Å². The highest BCUT2D eigenvalue weighted by molar-refractivity contribution is 7.25. The Morgan fingerprint density at radius 1 is 0.500 bits per heavy atom. The molecular weight excluding hydrogens is 555 g/mol. The predicted molar refractivity (Wildman–Crippen MR) is 189 cm³/mol. The van der Waals surface area contributed by atoms with Gasteiger partial charge < -0.3 is 9.31 Å². The summed E-state index contributed by atoms with van der Waals surface area (Å²) in [5.41, 5.74) is 7.46. The summed E-state index contributed by atoms with van der Waals surface area (Å²) >= 11 is 1.86. The highest BCUT2D eigenvalue weighted by atomic mass is 32.1. The molecule has 4 heteroatoms. The van der Waals surface area contributed by atoms with Gasteiger partial charge in [-0.2, -0.15) is 0 Å². The number of fused-ring (bicyclic) bond motifs is 4. The Kier molecular flexibility index (Phi) is 6.32. The fourth-order valence-electron chi connectivity index (χ4n) is 6.47. The Balaban J connectivity index is 1.30. The number of benzene rings is 6. The van der Waals surface area contributed by atoms with E-state index in [4.69, 9.17) is 9.31 Å². The highest BCUT2D eigenvalue weighted by Crippen LogP contribution is 2.43. The van der Waals surface area contributed by atoms with Crippen LogP contribution >= 0.6 is 11.3 Å². The molecule has 2 heterocycles. The predicted octanol–water partition coefficient (Wildman–Crippen LogP) is 10.5. The number of hydrogen-bond acceptors (Lipinski definition) is 3. The second-order valence-corrected chi connectivity index (χ2v) is 13.9. The van der Waals surface area contributed by atoms with Crippen LogP contribution in [0.4, 0.5) is 0 Å². The van der Waals surface area contributed by atoms with Crippen molar-refractivity contribution < 1.29 is 9.31 Å². The van der Waals surface area contributed by atoms with Gasteiger partial charge in [0.1, 0.15) is 0 Å². The molecule has 1 aromatic heterocycles. The molecule has 0 amide bonds. The van der Waals surface area contributed by atoms with Crippen LogP contribution in [-0.2, 0) is 9.31 Å². The molecule has 1 saturated heterocycles. The third-order valence-electron chi connectivity index (χ3n) is 9.56. The van der Waals surface area contributed by atoms with E-state index >= 15 is 0 Å². The van der Waals surface area contributed by atoms with Crippen molar-refractivity contribution in [2.24, 2.45) is 0 Å². The summed E-state index contributed by atoms with van der Waals surface area (Å²) in [5.74, 6) is 0. The first-order chi connectivity index (χ1) is 21.3. The highest BCUT2D eigenvalue weighted by Gasteiger charge is 2.51. The van der Waals surface area contributed by atoms with Crippen molar-refractivity contribution >= 4 is 54.9 Å². The van der Waals surface area contributed by atoms with Crippen molar-refractivity contribution in [1.82, 2.24) is 0 Å². The Hall–Kier alpha value is -4.22. The fourth-order valence-corrected chi connectivity index (χ4v) is 7.60. The van der Waals surface area contributed by atoms with Crippen LogP contribution in [0.2, 0.25) is 0 Å². The summed E-state index contributed by atoms with van der Waals surface area (Å²) in [6, 6.07) is 46.3. The minimum Gasteiger partial charge on any atom is -0.399 e. The van der Waals surface area contributed by atoms with Crippen molar-refractivity contribution in [3.05, 3.63) is 127 Å². The molecule has 44 heavy (non-hydrogen) atoms. The van der Waals surface area contributed by atoms with Crippen molar-refractivity contribution in [3.8, 4) is 33.4 Å². The van der Waals surface area contributed by atoms with Gasteiger partial charge in [0.15, 0.2) is 0 Å². The molecule has 0 bridgehead atoms. The lowest BCUT2D eigenvalue weighted by atomic mass is 9.76. The molecule has 7 aromatic rings. The van der Waals surface area contributed by atoms with Gasteiger partial charge in [-0.1, -0.05) is 115 Å². The molecule has 0 saturated carbocycles. The molecule has 1 aliphatic heterocycles. The van der Waals surface area contributed by atoms with E-state index in [1.807, 2.05) is 11.3 Å². The summed E-state index contributed by atoms with van der Waals surface area (Å²) in [7, 11) is -0.430. The van der Waals surface area contributed by atoms with Crippen LogP contribution in [0.1, 0.15) is 27.7 Å². The smallest absolute Gasteiger partial charge is 0.399 e. The topological polar surface area (TPSA) is 18.5 Å². The maximum absolute atomic E-state index is 6.50. The average Bonchev–Trinajstić information content (AvgIpc) is 3.53. The zero-order valence-corrected chi connectivity index (χ0v) is 26.2. The zero-order chi connectivity index (χ0) is 30.1. The van der Waals surface area contributed by atoms with E-state index in [0.29, 0.717) is 0 Å². The third kappa shape index (κ3) is 4.40. The van der Waals surface area contributed by atoms with Crippen LogP contribution in [0, 0.1) is 0 Å². The van der Waals surface area contributed by atoms with Gasteiger partial charge in [0.05, 0.1) is 11.2 Å². The third-order valence-corrected chi connectivity index (χ3v) is 10.7. The summed E-state index contributed by atoms with van der Waals surface area (Å²) in [6.07, 6.45) is 0. The fraction of sp³-hybridized carbons (Fsp3) is 0.150. The van der Waals surface area contributed by atoms with Crippen molar-refractivity contribution in [2.45, 2.75) is 38.9 Å². The van der Waals surface area contributed by atoms with Crippen LogP contribution in [-0.4, -0.2) is 18.3 Å². The Labute approximate surface area is 263 Å². The Morgan fingerprint density at radius 3 is 1.86 bits per heavy atom. The van der Waals surface area contributed by atoms with Gasteiger partial charge in [-0.15, -0.1) is 11.3 Å². The van der Waals surface area contributed by atoms with Crippen molar-refractivity contribution in [3.63, 3.8) is 0 Å². The average molecular weight is 589 g/mol. The maximum atomic E-state index is 6.50. The first-order valence-electron chi connectivity index (χ1n) is 15.3. The van der Waals surface area contributed by atoms with E-state index in [9.17, 15) is 0 Å². The van der Waals surface area contributed by atoms with Crippen LogP contribution in [0.25, 0.3) is 64.3 Å². The van der Waals surface area contributed by atoms with Gasteiger partial charge in [0.2, 0.25) is 0 Å². The first-order valence-corrected chi connectivity index (χ1v) is 16.1. The van der Waals surface area contributed by atoms with E-state index < -0.39 is 18.3 Å². The molecule has 1 fully saturated rings. The minimum absolute atomic E-state index is 0.405. The lowest BCUT2D eigenvalue weighted by Gasteiger charge is -2.32. The molecule has 0 N–H and O–H groups in total. The van der Waals surface area contributed by atoms with Crippen LogP contribution in [0.5, 0.6) is 0 Å².